The molecule has 0 heterocycles. The molecule has 0 aromatic rings. The van der Waals surface area contributed by atoms with Crippen LogP contribution in [-0.4, -0.2) is 63.9 Å². The minimum atomic E-state index is -0.933. The van der Waals surface area contributed by atoms with E-state index in [2.05, 4.69) is 19.1 Å². The van der Waals surface area contributed by atoms with Crippen molar-refractivity contribution in [2.45, 2.75) is 142 Å². The van der Waals surface area contributed by atoms with E-state index in [9.17, 15) is 14.4 Å². The van der Waals surface area contributed by atoms with Crippen LogP contribution in [0.5, 0.6) is 0 Å². The van der Waals surface area contributed by atoms with Gasteiger partial charge < -0.3 is 19.8 Å². The van der Waals surface area contributed by atoms with Gasteiger partial charge in [-0.1, -0.05) is 96.1 Å². The van der Waals surface area contributed by atoms with Gasteiger partial charge in [0.15, 0.2) is 0 Å². The molecule has 0 fully saturated rings. The number of allylic oxidation sites excluding steroid dienone is 2. The molecule has 7 nitrogen and oxygen atoms in total. The molecule has 0 saturated carbocycles. The molecule has 222 valence electrons. The summed E-state index contributed by atoms with van der Waals surface area (Å²) in [5.74, 6) is -2.80. The first-order chi connectivity index (χ1) is 18.3. The second-order valence-corrected chi connectivity index (χ2v) is 11.0. The first kappa shape index (κ1) is 36.1. The molecule has 38 heavy (non-hydrogen) atoms. The molecule has 0 amide bonds. The largest absolute Gasteiger partial charge is 0.481 e. The number of quaternary nitrogens is 1. The van der Waals surface area contributed by atoms with Gasteiger partial charge in [-0.25, -0.2) is 0 Å². The van der Waals surface area contributed by atoms with Crippen LogP contribution in [0, 0.1) is 0 Å². The number of hydrogen-bond acceptors (Lipinski definition) is 3. The molecule has 0 saturated heterocycles. The molecule has 0 aliphatic rings. The van der Waals surface area contributed by atoms with Crippen LogP contribution >= 0.6 is 0 Å². The average molecular weight is 541 g/mol. The lowest BCUT2D eigenvalue weighted by Crippen LogP contribution is -2.52. The van der Waals surface area contributed by atoms with Gasteiger partial charge in [0.1, 0.15) is 0 Å². The van der Waals surface area contributed by atoms with Crippen LogP contribution < -0.4 is 0 Å². The minimum Gasteiger partial charge on any atom is -0.481 e. The molecule has 0 rings (SSSR count). The first-order valence-electron chi connectivity index (χ1n) is 15.5. The molecule has 0 aromatic heterocycles. The molecular formula is C31H58NO6+. The predicted molar refractivity (Wildman–Crippen MR) is 154 cm³/mol. The van der Waals surface area contributed by atoms with Gasteiger partial charge in [-0.3, -0.25) is 14.4 Å². The number of carboxylic acid groups (broad SMARTS) is 3. The smallest absolute Gasteiger partial charge is 0.309 e. The standard InChI is InChI=1S/C31H57NO6/c1-2-3-4-5-6-7-8-9-10-11-12-13-14-15-16-17-18-19-20-21-25-32(26-22-29(33)34,27-23-30(35)36)28-24-31(37)38/h10-11H,2-9,12-28H2,1H3,(H2-,33,34,35,36,37,38)/p+1/b11-10+. The summed E-state index contributed by atoms with van der Waals surface area (Å²) in [6.07, 6.45) is 27.0. The van der Waals surface area contributed by atoms with Gasteiger partial charge in [0, 0.05) is 0 Å². The summed E-state index contributed by atoms with van der Waals surface area (Å²) in [5, 5.41) is 27.4. The Balaban J connectivity index is 3.92. The van der Waals surface area contributed by atoms with Crippen LogP contribution in [-0.2, 0) is 14.4 Å². The van der Waals surface area contributed by atoms with Gasteiger partial charge >= 0.3 is 17.9 Å². The third kappa shape index (κ3) is 24.4. The van der Waals surface area contributed by atoms with Crippen molar-refractivity contribution in [1.29, 1.82) is 0 Å². The van der Waals surface area contributed by atoms with E-state index in [1.165, 1.54) is 96.3 Å². The van der Waals surface area contributed by atoms with Crippen LogP contribution in [0.2, 0.25) is 0 Å². The molecule has 3 N–H and O–H groups in total. The molecule has 0 aliphatic carbocycles. The third-order valence-electron chi connectivity index (χ3n) is 7.54. The second kappa shape index (κ2) is 25.4. The molecule has 7 heteroatoms. The Morgan fingerprint density at radius 2 is 0.789 bits per heavy atom. The normalized spacial score (nSPS) is 11.8. The highest BCUT2D eigenvalue weighted by molar-refractivity contribution is 5.67. The number of aliphatic carboxylic acids is 3. The summed E-state index contributed by atoms with van der Waals surface area (Å²) >= 11 is 0. The van der Waals surface area contributed by atoms with Crippen molar-refractivity contribution < 1.29 is 34.2 Å². The Morgan fingerprint density at radius 1 is 0.474 bits per heavy atom. The van der Waals surface area contributed by atoms with Crippen molar-refractivity contribution in [2.75, 3.05) is 26.2 Å². The maximum Gasteiger partial charge on any atom is 0.309 e. The summed E-state index contributed by atoms with van der Waals surface area (Å²) in [6.45, 7) is 3.75. The van der Waals surface area contributed by atoms with Crippen LogP contribution in [0.3, 0.4) is 0 Å². The molecule has 0 aromatic carbocycles. The van der Waals surface area contributed by atoms with E-state index in [1.807, 2.05) is 0 Å². The summed E-state index contributed by atoms with van der Waals surface area (Å²) in [6, 6.07) is 0. The summed E-state index contributed by atoms with van der Waals surface area (Å²) in [4.78, 5) is 33.4. The van der Waals surface area contributed by atoms with Crippen molar-refractivity contribution in [1.82, 2.24) is 0 Å². The number of hydrogen-bond donors (Lipinski definition) is 3. The van der Waals surface area contributed by atoms with E-state index < -0.39 is 17.9 Å². The lowest BCUT2D eigenvalue weighted by atomic mass is 10.1. The number of carbonyl (C=O) groups is 3. The maximum absolute atomic E-state index is 11.1. The fourth-order valence-electron chi connectivity index (χ4n) is 5.07. The summed E-state index contributed by atoms with van der Waals surface area (Å²) in [7, 11) is 0. The Hall–Kier alpha value is -1.89. The fraction of sp³-hybridized carbons (Fsp3) is 0.839. The molecule has 0 atom stereocenters. The van der Waals surface area contributed by atoms with Crippen molar-refractivity contribution in [2.24, 2.45) is 0 Å². The zero-order valence-electron chi connectivity index (χ0n) is 24.3. The zero-order chi connectivity index (χ0) is 28.3. The summed E-state index contributed by atoms with van der Waals surface area (Å²) in [5.41, 5.74) is 0. The van der Waals surface area contributed by atoms with Crippen LogP contribution in [0.1, 0.15) is 142 Å². The van der Waals surface area contributed by atoms with E-state index in [0.717, 1.165) is 19.3 Å². The number of unbranched alkanes of at least 4 members (excludes halogenated alkanes) is 16. The second-order valence-electron chi connectivity index (χ2n) is 11.0. The highest BCUT2D eigenvalue weighted by atomic mass is 16.4. The van der Waals surface area contributed by atoms with Crippen molar-refractivity contribution in [3.8, 4) is 0 Å². The fourth-order valence-corrected chi connectivity index (χ4v) is 5.07. The van der Waals surface area contributed by atoms with Crippen LogP contribution in [0.15, 0.2) is 12.2 Å². The average Bonchev–Trinajstić information content (AvgIpc) is 2.88. The molecule has 0 unspecified atom stereocenters. The molecule has 0 aliphatic heterocycles. The highest BCUT2D eigenvalue weighted by Gasteiger charge is 2.29. The zero-order valence-corrected chi connectivity index (χ0v) is 24.3. The van der Waals surface area contributed by atoms with Crippen molar-refractivity contribution in [3.63, 3.8) is 0 Å². The van der Waals surface area contributed by atoms with Crippen LogP contribution in [0.4, 0.5) is 0 Å². The Labute approximate surface area is 232 Å². The van der Waals surface area contributed by atoms with E-state index in [-0.39, 0.29) is 43.4 Å². The van der Waals surface area contributed by atoms with E-state index in [1.54, 1.807) is 0 Å². The lowest BCUT2D eigenvalue weighted by Gasteiger charge is -2.38. The van der Waals surface area contributed by atoms with Gasteiger partial charge in [-0.2, -0.15) is 0 Å². The van der Waals surface area contributed by atoms with Gasteiger partial charge in [0.2, 0.25) is 0 Å². The van der Waals surface area contributed by atoms with E-state index in [4.69, 9.17) is 15.3 Å². The molecule has 0 spiro atoms. The number of nitrogens with zero attached hydrogens (tertiary/aromatic N) is 1. The SMILES string of the molecule is CCCCCCCCC/C=C/CCCCCCCCCCC[N+](CCC(=O)O)(CCC(=O)O)CCC(=O)O. The maximum atomic E-state index is 11.1. The third-order valence-corrected chi connectivity index (χ3v) is 7.54. The van der Waals surface area contributed by atoms with E-state index in [0.29, 0.717) is 6.54 Å². The van der Waals surface area contributed by atoms with Crippen molar-refractivity contribution in [3.05, 3.63) is 12.2 Å². The molecule has 0 bridgehead atoms. The van der Waals surface area contributed by atoms with E-state index >= 15 is 0 Å². The van der Waals surface area contributed by atoms with Gasteiger partial charge in [0.25, 0.3) is 0 Å². The quantitative estimate of drug-likeness (QED) is 0.0506. The number of carboxylic acids is 3. The molecule has 0 radical (unpaired) electrons. The Bertz CT molecular complexity index is 588. The summed E-state index contributed by atoms with van der Waals surface area (Å²) < 4.78 is 0.262. The van der Waals surface area contributed by atoms with Gasteiger partial charge in [0.05, 0.1) is 45.4 Å². The lowest BCUT2D eigenvalue weighted by molar-refractivity contribution is -0.927. The highest BCUT2D eigenvalue weighted by Crippen LogP contribution is 2.17. The minimum absolute atomic E-state index is 0.0752. The van der Waals surface area contributed by atoms with Gasteiger partial charge in [-0.15, -0.1) is 0 Å². The Morgan fingerprint density at radius 3 is 1.13 bits per heavy atom. The predicted octanol–water partition coefficient (Wildman–Crippen LogP) is 7.83. The monoisotopic (exact) mass is 540 g/mol. The van der Waals surface area contributed by atoms with Crippen molar-refractivity contribution >= 4 is 17.9 Å². The topological polar surface area (TPSA) is 112 Å². The van der Waals surface area contributed by atoms with Gasteiger partial charge in [-0.05, 0) is 38.5 Å². The Kier molecular flexibility index (Phi) is 24.1. The molecular weight excluding hydrogens is 482 g/mol. The van der Waals surface area contributed by atoms with Crippen LogP contribution in [0.25, 0.3) is 0 Å². The number of rotatable bonds is 29. The first-order valence-corrected chi connectivity index (χ1v) is 15.5.